The highest BCUT2D eigenvalue weighted by Crippen LogP contribution is 2.24. The molecule has 4 nitrogen and oxygen atoms in total. The maximum atomic E-state index is 5.36. The molecule has 0 atom stereocenters. The second-order valence-corrected chi connectivity index (χ2v) is 6.07. The van der Waals surface area contributed by atoms with Gasteiger partial charge in [0.2, 0.25) is 0 Å². The predicted molar refractivity (Wildman–Crippen MR) is 90.2 cm³/mol. The highest BCUT2D eigenvalue weighted by atomic mass is 32.1. The fourth-order valence-corrected chi connectivity index (χ4v) is 2.59. The average molecular weight is 300 g/mol. The molecule has 1 fully saturated rings. The molecule has 21 heavy (non-hydrogen) atoms. The molecule has 1 saturated carbocycles. The van der Waals surface area contributed by atoms with E-state index >= 15 is 0 Å². The normalized spacial score (nSPS) is 14.0. The van der Waals surface area contributed by atoms with Crippen LogP contribution in [0.3, 0.4) is 0 Å². The first-order chi connectivity index (χ1) is 10.0. The molecule has 0 spiro atoms. The lowest BCUT2D eigenvalue weighted by molar-refractivity contribution is 0.833. The summed E-state index contributed by atoms with van der Waals surface area (Å²) in [6, 6.07) is 8.91. The van der Waals surface area contributed by atoms with Crippen molar-refractivity contribution < 1.29 is 0 Å². The van der Waals surface area contributed by atoms with Gasteiger partial charge >= 0.3 is 0 Å². The highest BCUT2D eigenvalue weighted by Gasteiger charge is 2.22. The first-order valence-electron chi connectivity index (χ1n) is 7.25. The molecule has 3 rings (SSSR count). The van der Waals surface area contributed by atoms with Crippen LogP contribution in [-0.2, 0) is 0 Å². The van der Waals surface area contributed by atoms with Crippen molar-refractivity contribution in [3.63, 3.8) is 0 Å². The Morgan fingerprint density at radius 1 is 1.19 bits per heavy atom. The molecule has 0 amide bonds. The SMILES string of the molecule is Cc1ccc(-n2nc(C)c(NC(=S)NC3CC3)c2C)cc1. The van der Waals surface area contributed by atoms with Crippen LogP contribution in [0.25, 0.3) is 5.69 Å². The fraction of sp³-hybridized carbons (Fsp3) is 0.375. The van der Waals surface area contributed by atoms with E-state index in [0.29, 0.717) is 11.2 Å². The fourth-order valence-electron chi connectivity index (χ4n) is 2.32. The number of thiocarbonyl (C=S) groups is 1. The number of aromatic nitrogens is 2. The van der Waals surface area contributed by atoms with Crippen molar-refractivity contribution in [1.29, 1.82) is 0 Å². The van der Waals surface area contributed by atoms with Crippen molar-refractivity contribution in [3.8, 4) is 5.69 Å². The molecule has 2 aromatic rings. The van der Waals surface area contributed by atoms with Crippen LogP contribution in [0.15, 0.2) is 24.3 Å². The Labute approximate surface area is 130 Å². The van der Waals surface area contributed by atoms with Crippen LogP contribution in [0.5, 0.6) is 0 Å². The second kappa shape index (κ2) is 5.48. The summed E-state index contributed by atoms with van der Waals surface area (Å²) in [7, 11) is 0. The van der Waals surface area contributed by atoms with E-state index in [9.17, 15) is 0 Å². The number of nitrogens with zero attached hydrogens (tertiary/aromatic N) is 2. The third-order valence-corrected chi connectivity index (χ3v) is 3.94. The topological polar surface area (TPSA) is 41.9 Å². The Morgan fingerprint density at radius 2 is 1.86 bits per heavy atom. The number of hydrogen-bond acceptors (Lipinski definition) is 2. The van der Waals surface area contributed by atoms with Crippen molar-refractivity contribution in [3.05, 3.63) is 41.2 Å². The molecule has 0 saturated heterocycles. The van der Waals surface area contributed by atoms with E-state index in [4.69, 9.17) is 12.2 Å². The lowest BCUT2D eigenvalue weighted by atomic mass is 10.2. The van der Waals surface area contributed by atoms with Gasteiger partial charge in [-0.3, -0.25) is 0 Å². The van der Waals surface area contributed by atoms with E-state index in [-0.39, 0.29) is 0 Å². The van der Waals surface area contributed by atoms with Gasteiger partial charge in [-0.05, 0) is 58.0 Å². The van der Waals surface area contributed by atoms with E-state index in [2.05, 4.69) is 53.8 Å². The number of anilines is 1. The Balaban J connectivity index is 1.85. The molecular weight excluding hydrogens is 280 g/mol. The largest absolute Gasteiger partial charge is 0.360 e. The molecule has 1 aromatic heterocycles. The summed E-state index contributed by atoms with van der Waals surface area (Å²) < 4.78 is 1.96. The van der Waals surface area contributed by atoms with Gasteiger partial charge in [0.25, 0.3) is 0 Å². The maximum absolute atomic E-state index is 5.36. The van der Waals surface area contributed by atoms with Crippen molar-refractivity contribution in [2.75, 3.05) is 5.32 Å². The molecule has 2 N–H and O–H groups in total. The zero-order valence-electron chi connectivity index (χ0n) is 12.6. The van der Waals surface area contributed by atoms with Crippen molar-refractivity contribution >= 4 is 23.0 Å². The van der Waals surface area contributed by atoms with Crippen molar-refractivity contribution in [2.24, 2.45) is 0 Å². The third-order valence-electron chi connectivity index (χ3n) is 3.72. The van der Waals surface area contributed by atoms with Gasteiger partial charge in [-0.15, -0.1) is 0 Å². The van der Waals surface area contributed by atoms with Crippen LogP contribution >= 0.6 is 12.2 Å². The minimum Gasteiger partial charge on any atom is -0.360 e. The smallest absolute Gasteiger partial charge is 0.171 e. The summed E-state index contributed by atoms with van der Waals surface area (Å²) in [6.07, 6.45) is 2.42. The average Bonchev–Trinajstić information content (AvgIpc) is 3.21. The molecule has 1 aliphatic rings. The summed E-state index contributed by atoms with van der Waals surface area (Å²) in [5.41, 5.74) is 5.32. The van der Waals surface area contributed by atoms with Gasteiger partial charge < -0.3 is 10.6 Å². The minimum atomic E-state index is 0.553. The molecule has 0 unspecified atom stereocenters. The number of aryl methyl sites for hydroxylation is 2. The Morgan fingerprint density at radius 3 is 2.48 bits per heavy atom. The van der Waals surface area contributed by atoms with Crippen LogP contribution in [0.2, 0.25) is 0 Å². The van der Waals surface area contributed by atoms with Gasteiger partial charge in [0, 0.05) is 6.04 Å². The minimum absolute atomic E-state index is 0.553. The van der Waals surface area contributed by atoms with Crippen molar-refractivity contribution in [1.82, 2.24) is 15.1 Å². The molecule has 1 aliphatic carbocycles. The van der Waals surface area contributed by atoms with Gasteiger partial charge in [0.15, 0.2) is 5.11 Å². The van der Waals surface area contributed by atoms with Crippen LogP contribution in [0.1, 0.15) is 29.8 Å². The lowest BCUT2D eigenvalue weighted by Crippen LogP contribution is -2.30. The van der Waals surface area contributed by atoms with Crippen LogP contribution < -0.4 is 10.6 Å². The zero-order valence-corrected chi connectivity index (χ0v) is 13.4. The quantitative estimate of drug-likeness (QED) is 0.854. The van der Waals surface area contributed by atoms with Gasteiger partial charge in [-0.1, -0.05) is 17.7 Å². The Kier molecular flexibility index (Phi) is 3.68. The predicted octanol–water partition coefficient (Wildman–Crippen LogP) is 3.25. The first-order valence-corrected chi connectivity index (χ1v) is 7.66. The first kappa shape index (κ1) is 14.1. The van der Waals surface area contributed by atoms with Crippen LogP contribution in [-0.4, -0.2) is 20.9 Å². The third kappa shape index (κ3) is 3.08. The monoisotopic (exact) mass is 300 g/mol. The molecule has 0 radical (unpaired) electrons. The maximum Gasteiger partial charge on any atom is 0.171 e. The number of nitrogens with one attached hydrogen (secondary N) is 2. The van der Waals surface area contributed by atoms with Gasteiger partial charge in [-0.2, -0.15) is 5.10 Å². The van der Waals surface area contributed by atoms with E-state index < -0.39 is 0 Å². The van der Waals surface area contributed by atoms with E-state index in [1.807, 2.05) is 11.6 Å². The Hall–Kier alpha value is -1.88. The summed E-state index contributed by atoms with van der Waals surface area (Å²) in [6.45, 7) is 6.14. The van der Waals surface area contributed by atoms with Gasteiger partial charge in [0.1, 0.15) is 0 Å². The second-order valence-electron chi connectivity index (χ2n) is 5.67. The van der Waals surface area contributed by atoms with Gasteiger partial charge in [-0.25, -0.2) is 4.68 Å². The standard InChI is InChI=1S/C16H20N4S/c1-10-4-8-14(9-5-10)20-12(3)15(11(2)19-20)18-16(21)17-13-6-7-13/h4-5,8-9,13H,6-7H2,1-3H3,(H2,17,18,21). The Bertz CT molecular complexity index is 668. The summed E-state index contributed by atoms with van der Waals surface area (Å²) in [5, 5.41) is 11.9. The molecule has 0 aliphatic heterocycles. The molecule has 0 bridgehead atoms. The summed E-state index contributed by atoms with van der Waals surface area (Å²) >= 11 is 5.36. The molecular formula is C16H20N4S. The molecule has 5 heteroatoms. The van der Waals surface area contributed by atoms with E-state index in [1.165, 1.54) is 18.4 Å². The lowest BCUT2D eigenvalue weighted by Gasteiger charge is -2.10. The zero-order chi connectivity index (χ0) is 15.0. The van der Waals surface area contributed by atoms with Crippen LogP contribution in [0.4, 0.5) is 5.69 Å². The molecule has 1 heterocycles. The van der Waals surface area contributed by atoms with E-state index in [0.717, 1.165) is 22.8 Å². The van der Waals surface area contributed by atoms with E-state index in [1.54, 1.807) is 0 Å². The van der Waals surface area contributed by atoms with Crippen molar-refractivity contribution in [2.45, 2.75) is 39.7 Å². The number of rotatable bonds is 3. The number of hydrogen-bond donors (Lipinski definition) is 2. The molecule has 110 valence electrons. The van der Waals surface area contributed by atoms with Crippen LogP contribution in [0, 0.1) is 20.8 Å². The number of benzene rings is 1. The summed E-state index contributed by atoms with van der Waals surface area (Å²) in [5.74, 6) is 0. The van der Waals surface area contributed by atoms with Gasteiger partial charge in [0.05, 0.1) is 22.8 Å². The summed E-state index contributed by atoms with van der Waals surface area (Å²) in [4.78, 5) is 0. The molecule has 1 aromatic carbocycles. The highest BCUT2D eigenvalue weighted by molar-refractivity contribution is 7.80.